The van der Waals surface area contributed by atoms with Crippen LogP contribution in [0, 0.1) is 5.82 Å². The van der Waals surface area contributed by atoms with Crippen molar-refractivity contribution < 1.29 is 9.13 Å². The second-order valence-electron chi connectivity index (χ2n) is 5.98. The predicted octanol–water partition coefficient (Wildman–Crippen LogP) is 3.71. The van der Waals surface area contributed by atoms with E-state index >= 15 is 0 Å². The van der Waals surface area contributed by atoms with E-state index in [1.807, 2.05) is 24.3 Å². The maximum absolute atomic E-state index is 14.3. The van der Waals surface area contributed by atoms with Crippen molar-refractivity contribution in [2.75, 3.05) is 7.11 Å². The van der Waals surface area contributed by atoms with Gasteiger partial charge in [0.15, 0.2) is 5.11 Å². The Kier molecular flexibility index (Phi) is 3.73. The monoisotopic (exact) mass is 340 g/mol. The fourth-order valence-corrected chi connectivity index (χ4v) is 3.71. The molecule has 2 aromatic carbocycles. The van der Waals surface area contributed by atoms with Crippen molar-refractivity contribution >= 4 is 23.0 Å². The highest BCUT2D eigenvalue weighted by atomic mass is 32.1. The largest absolute Gasteiger partial charge is 0.497 e. The van der Waals surface area contributed by atoms with Crippen molar-refractivity contribution in [3.05, 3.63) is 70.5 Å². The maximum Gasteiger partial charge on any atom is 0.171 e. The number of methoxy groups -OCH3 is 1. The van der Waals surface area contributed by atoms with E-state index in [1.165, 1.54) is 11.6 Å². The maximum atomic E-state index is 14.3. The number of nitrogens with one attached hydrogen (secondary N) is 2. The molecule has 122 valence electrons. The lowest BCUT2D eigenvalue weighted by atomic mass is 9.82. The van der Waals surface area contributed by atoms with Gasteiger partial charge in [-0.3, -0.25) is 0 Å². The summed E-state index contributed by atoms with van der Waals surface area (Å²) >= 11 is 5.37. The molecule has 24 heavy (non-hydrogen) atoms. The summed E-state index contributed by atoms with van der Waals surface area (Å²) in [5, 5.41) is 7.01. The zero-order chi connectivity index (χ0) is 16.7. The van der Waals surface area contributed by atoms with Gasteiger partial charge in [0.1, 0.15) is 11.6 Å². The van der Waals surface area contributed by atoms with Gasteiger partial charge in [0, 0.05) is 16.8 Å². The van der Waals surface area contributed by atoms with Gasteiger partial charge in [-0.1, -0.05) is 18.2 Å². The molecule has 0 saturated heterocycles. The molecule has 0 saturated carbocycles. The second kappa shape index (κ2) is 5.91. The predicted molar refractivity (Wildman–Crippen MR) is 96.2 cm³/mol. The average molecular weight is 340 g/mol. The molecule has 0 radical (unpaired) electrons. The Balaban J connectivity index is 1.85. The number of aryl methyl sites for hydroxylation is 1. The fraction of sp³-hybridized carbons (Fsp3) is 0.211. The third-order valence-corrected chi connectivity index (χ3v) is 4.87. The number of halogens is 1. The molecule has 0 aromatic heterocycles. The minimum absolute atomic E-state index is 0.216. The minimum Gasteiger partial charge on any atom is -0.497 e. The number of benzene rings is 2. The summed E-state index contributed by atoms with van der Waals surface area (Å²) in [4.78, 5) is 0. The molecule has 0 amide bonds. The number of rotatable bonds is 2. The van der Waals surface area contributed by atoms with Crippen LogP contribution in [0.2, 0.25) is 0 Å². The molecule has 0 fully saturated rings. The summed E-state index contributed by atoms with van der Waals surface area (Å²) in [6.07, 6.45) is 1.74. The van der Waals surface area contributed by atoms with E-state index in [0.29, 0.717) is 10.7 Å². The van der Waals surface area contributed by atoms with Crippen LogP contribution in [0.3, 0.4) is 0 Å². The molecular formula is C19H17FN2OS. The Hall–Kier alpha value is -2.40. The van der Waals surface area contributed by atoms with Gasteiger partial charge in [0.25, 0.3) is 0 Å². The summed E-state index contributed by atoms with van der Waals surface area (Å²) in [5.41, 5.74) is 5.10. The third kappa shape index (κ3) is 2.45. The molecule has 3 nitrogen and oxygen atoms in total. The average Bonchev–Trinajstić information content (AvgIpc) is 2.60. The molecule has 0 bridgehead atoms. The molecule has 1 atom stereocenters. The minimum atomic E-state index is -0.231. The lowest BCUT2D eigenvalue weighted by molar-refractivity contribution is 0.414. The van der Waals surface area contributed by atoms with Gasteiger partial charge in [-0.25, -0.2) is 4.39 Å². The van der Waals surface area contributed by atoms with Crippen molar-refractivity contribution in [3.8, 4) is 5.75 Å². The molecule has 2 N–H and O–H groups in total. The van der Waals surface area contributed by atoms with E-state index in [0.717, 1.165) is 35.4 Å². The van der Waals surface area contributed by atoms with E-state index < -0.39 is 0 Å². The Labute approximate surface area is 145 Å². The fourth-order valence-electron chi connectivity index (χ4n) is 3.49. The van der Waals surface area contributed by atoms with Crippen molar-refractivity contribution in [1.29, 1.82) is 0 Å². The van der Waals surface area contributed by atoms with E-state index in [2.05, 4.69) is 16.7 Å². The third-order valence-electron chi connectivity index (χ3n) is 4.65. The number of ether oxygens (including phenoxy) is 1. The topological polar surface area (TPSA) is 33.3 Å². The lowest BCUT2D eigenvalue weighted by Crippen LogP contribution is -2.44. The van der Waals surface area contributed by atoms with Gasteiger partial charge >= 0.3 is 0 Å². The highest BCUT2D eigenvalue weighted by Crippen LogP contribution is 2.40. The molecule has 4 rings (SSSR count). The molecule has 2 aliphatic rings. The van der Waals surface area contributed by atoms with Crippen LogP contribution >= 0.6 is 12.2 Å². The number of fused-ring (bicyclic) bond motifs is 2. The molecule has 5 heteroatoms. The first-order valence-electron chi connectivity index (χ1n) is 7.89. The first-order valence-corrected chi connectivity index (χ1v) is 8.30. The molecule has 1 aliphatic heterocycles. The van der Waals surface area contributed by atoms with Gasteiger partial charge in [-0.2, -0.15) is 0 Å². The zero-order valence-electron chi connectivity index (χ0n) is 13.2. The van der Waals surface area contributed by atoms with E-state index in [4.69, 9.17) is 17.0 Å². The van der Waals surface area contributed by atoms with Crippen molar-refractivity contribution in [2.24, 2.45) is 0 Å². The SMILES string of the molecule is COc1ccc2c(c1)CCC1=C2NC(=S)N[C@H]1c1ccccc1F. The standard InChI is InChI=1S/C19H17FN2OS/c1-23-12-7-9-13-11(10-12)6-8-15-17(13)21-19(24)22-18(15)14-4-2-3-5-16(14)20/h2-5,7,9-10,18H,6,8H2,1H3,(H2,21,22,24)/t18-/m0/s1. The van der Waals surface area contributed by atoms with E-state index in [-0.39, 0.29) is 11.9 Å². The second-order valence-corrected chi connectivity index (χ2v) is 6.38. The van der Waals surface area contributed by atoms with Crippen LogP contribution < -0.4 is 15.4 Å². The number of hydrogen-bond acceptors (Lipinski definition) is 2. The van der Waals surface area contributed by atoms with Gasteiger partial charge in [-0.15, -0.1) is 0 Å². The zero-order valence-corrected chi connectivity index (χ0v) is 14.0. The van der Waals surface area contributed by atoms with Crippen LogP contribution in [0.1, 0.15) is 29.2 Å². The molecule has 0 spiro atoms. The Morgan fingerprint density at radius 1 is 1.17 bits per heavy atom. The Morgan fingerprint density at radius 2 is 2.00 bits per heavy atom. The quantitative estimate of drug-likeness (QED) is 0.817. The van der Waals surface area contributed by atoms with Gasteiger partial charge in [0.2, 0.25) is 0 Å². The smallest absolute Gasteiger partial charge is 0.171 e. The first-order chi connectivity index (χ1) is 11.7. The Bertz CT molecular complexity index is 862. The van der Waals surface area contributed by atoms with Crippen LogP contribution in [0.25, 0.3) is 5.70 Å². The van der Waals surface area contributed by atoms with Crippen LogP contribution in [-0.2, 0) is 6.42 Å². The normalized spacial score (nSPS) is 19.1. The first kappa shape index (κ1) is 15.1. The lowest BCUT2D eigenvalue weighted by Gasteiger charge is -2.36. The summed E-state index contributed by atoms with van der Waals surface area (Å²) in [6.45, 7) is 0. The van der Waals surface area contributed by atoms with Crippen LogP contribution in [0.4, 0.5) is 4.39 Å². The molecule has 1 aliphatic carbocycles. The molecular weight excluding hydrogens is 323 g/mol. The van der Waals surface area contributed by atoms with Gasteiger partial charge in [0.05, 0.1) is 13.2 Å². The highest BCUT2D eigenvalue weighted by molar-refractivity contribution is 7.80. The summed E-state index contributed by atoms with van der Waals surface area (Å²) in [7, 11) is 1.67. The van der Waals surface area contributed by atoms with Crippen molar-refractivity contribution in [2.45, 2.75) is 18.9 Å². The van der Waals surface area contributed by atoms with E-state index in [9.17, 15) is 4.39 Å². The van der Waals surface area contributed by atoms with Crippen LogP contribution in [-0.4, -0.2) is 12.2 Å². The van der Waals surface area contributed by atoms with E-state index in [1.54, 1.807) is 13.2 Å². The molecule has 0 unspecified atom stereocenters. The summed E-state index contributed by atoms with van der Waals surface area (Å²) < 4.78 is 19.6. The molecule has 1 heterocycles. The number of thiocarbonyl (C=S) groups is 1. The summed E-state index contributed by atoms with van der Waals surface area (Å²) in [5.74, 6) is 0.632. The molecule has 2 aromatic rings. The van der Waals surface area contributed by atoms with Gasteiger partial charge < -0.3 is 15.4 Å². The number of hydrogen-bond donors (Lipinski definition) is 2. The highest BCUT2D eigenvalue weighted by Gasteiger charge is 2.32. The van der Waals surface area contributed by atoms with Crippen LogP contribution in [0.5, 0.6) is 5.75 Å². The van der Waals surface area contributed by atoms with Gasteiger partial charge in [-0.05, 0) is 60.5 Å². The van der Waals surface area contributed by atoms with Crippen LogP contribution in [0.15, 0.2) is 48.0 Å². The van der Waals surface area contributed by atoms with Crippen molar-refractivity contribution in [1.82, 2.24) is 10.6 Å². The summed E-state index contributed by atoms with van der Waals surface area (Å²) in [6, 6.07) is 12.7. The van der Waals surface area contributed by atoms with Crippen molar-refractivity contribution in [3.63, 3.8) is 0 Å². The Morgan fingerprint density at radius 3 is 2.79 bits per heavy atom.